The molecule has 0 fully saturated rings. The van der Waals surface area contributed by atoms with Gasteiger partial charge in [-0.1, -0.05) is 53.0 Å². The standard InChI is InChI=1S/C19H16Cl2N4O/c1-12-3-2-4-13(7-12)9-24-19(26)17-10-23-18(11-22-17)25-14-5-6-15(20)16(21)8-14/h2-8,10-11H,9H2,1H3,(H,23,25)(H,24,26). The summed E-state index contributed by atoms with van der Waals surface area (Å²) in [7, 11) is 0. The van der Waals surface area contributed by atoms with E-state index in [1.807, 2.05) is 31.2 Å². The van der Waals surface area contributed by atoms with Gasteiger partial charge in [-0.3, -0.25) is 4.79 Å². The number of carbonyl (C=O) groups excluding carboxylic acids is 1. The summed E-state index contributed by atoms with van der Waals surface area (Å²) in [5, 5.41) is 6.80. The average molecular weight is 387 g/mol. The van der Waals surface area contributed by atoms with Crippen LogP contribution in [0.2, 0.25) is 10.0 Å². The molecule has 26 heavy (non-hydrogen) atoms. The Morgan fingerprint density at radius 1 is 1.04 bits per heavy atom. The van der Waals surface area contributed by atoms with E-state index in [1.54, 1.807) is 18.2 Å². The molecule has 2 aromatic carbocycles. The molecular weight excluding hydrogens is 371 g/mol. The fraction of sp³-hybridized carbons (Fsp3) is 0.105. The topological polar surface area (TPSA) is 66.9 Å². The molecule has 1 amide bonds. The maximum absolute atomic E-state index is 12.2. The summed E-state index contributed by atoms with van der Waals surface area (Å²) in [4.78, 5) is 20.5. The minimum absolute atomic E-state index is 0.248. The predicted octanol–water partition coefficient (Wildman–Crippen LogP) is 4.77. The fourth-order valence-electron chi connectivity index (χ4n) is 2.33. The zero-order valence-electron chi connectivity index (χ0n) is 14.0. The first kappa shape index (κ1) is 18.2. The van der Waals surface area contributed by atoms with Gasteiger partial charge in [-0.25, -0.2) is 9.97 Å². The van der Waals surface area contributed by atoms with Gasteiger partial charge in [0.15, 0.2) is 0 Å². The number of halogens is 2. The normalized spacial score (nSPS) is 10.4. The van der Waals surface area contributed by atoms with Crippen molar-refractivity contribution in [2.75, 3.05) is 5.32 Å². The lowest BCUT2D eigenvalue weighted by atomic mass is 10.1. The zero-order valence-corrected chi connectivity index (χ0v) is 15.5. The lowest BCUT2D eigenvalue weighted by Gasteiger charge is -2.08. The second kappa shape index (κ2) is 8.17. The Bertz CT molecular complexity index is 929. The molecule has 7 heteroatoms. The quantitative estimate of drug-likeness (QED) is 0.662. The molecule has 3 rings (SSSR count). The summed E-state index contributed by atoms with van der Waals surface area (Å²) in [6.45, 7) is 2.45. The fourth-order valence-corrected chi connectivity index (χ4v) is 2.62. The molecule has 0 aliphatic heterocycles. The van der Waals surface area contributed by atoms with Gasteiger partial charge in [-0.2, -0.15) is 0 Å². The molecule has 0 unspecified atom stereocenters. The van der Waals surface area contributed by atoms with Crippen molar-refractivity contribution in [1.29, 1.82) is 0 Å². The van der Waals surface area contributed by atoms with Crippen LogP contribution in [-0.4, -0.2) is 15.9 Å². The van der Waals surface area contributed by atoms with E-state index >= 15 is 0 Å². The first-order valence-corrected chi connectivity index (χ1v) is 8.65. The van der Waals surface area contributed by atoms with E-state index in [2.05, 4.69) is 20.6 Å². The summed E-state index contributed by atoms with van der Waals surface area (Å²) in [5.74, 6) is 0.221. The predicted molar refractivity (Wildman–Crippen MR) is 104 cm³/mol. The summed E-state index contributed by atoms with van der Waals surface area (Å²) < 4.78 is 0. The first-order valence-electron chi connectivity index (χ1n) is 7.89. The lowest BCUT2D eigenvalue weighted by molar-refractivity contribution is 0.0945. The number of amides is 1. The maximum atomic E-state index is 12.2. The molecule has 0 bridgehead atoms. The molecule has 0 aliphatic rings. The second-order valence-electron chi connectivity index (χ2n) is 5.71. The van der Waals surface area contributed by atoms with Gasteiger partial charge >= 0.3 is 0 Å². The van der Waals surface area contributed by atoms with Gasteiger partial charge < -0.3 is 10.6 Å². The minimum Gasteiger partial charge on any atom is -0.347 e. The van der Waals surface area contributed by atoms with E-state index in [0.717, 1.165) is 16.8 Å². The largest absolute Gasteiger partial charge is 0.347 e. The van der Waals surface area contributed by atoms with E-state index in [1.165, 1.54) is 12.4 Å². The van der Waals surface area contributed by atoms with Crippen molar-refractivity contribution in [1.82, 2.24) is 15.3 Å². The molecule has 0 atom stereocenters. The van der Waals surface area contributed by atoms with Crippen LogP contribution >= 0.6 is 23.2 Å². The van der Waals surface area contributed by atoms with Crippen LogP contribution in [0.15, 0.2) is 54.9 Å². The van der Waals surface area contributed by atoms with E-state index < -0.39 is 0 Å². The molecule has 5 nitrogen and oxygen atoms in total. The second-order valence-corrected chi connectivity index (χ2v) is 6.53. The number of rotatable bonds is 5. The van der Waals surface area contributed by atoms with Crippen LogP contribution in [0.25, 0.3) is 0 Å². The van der Waals surface area contributed by atoms with Crippen molar-refractivity contribution in [2.24, 2.45) is 0 Å². The molecule has 0 radical (unpaired) electrons. The van der Waals surface area contributed by atoms with Crippen LogP contribution in [0.5, 0.6) is 0 Å². The van der Waals surface area contributed by atoms with Crippen LogP contribution < -0.4 is 10.6 Å². The number of nitrogens with zero attached hydrogens (tertiary/aromatic N) is 2. The third-order valence-corrected chi connectivity index (χ3v) is 4.35. The van der Waals surface area contributed by atoms with Gasteiger partial charge in [0.25, 0.3) is 5.91 Å². The molecule has 1 aromatic heterocycles. The van der Waals surface area contributed by atoms with Gasteiger partial charge in [0, 0.05) is 12.2 Å². The monoisotopic (exact) mass is 386 g/mol. The third kappa shape index (κ3) is 4.71. The smallest absolute Gasteiger partial charge is 0.271 e. The SMILES string of the molecule is Cc1cccc(CNC(=O)c2cnc(Nc3ccc(Cl)c(Cl)c3)cn2)c1. The third-order valence-electron chi connectivity index (χ3n) is 3.61. The summed E-state index contributed by atoms with van der Waals surface area (Å²) in [6, 6.07) is 13.1. The molecule has 2 N–H and O–H groups in total. The number of anilines is 2. The highest BCUT2D eigenvalue weighted by atomic mass is 35.5. The number of carbonyl (C=O) groups is 1. The molecular formula is C19H16Cl2N4O. The van der Waals surface area contributed by atoms with Crippen molar-refractivity contribution >= 4 is 40.6 Å². The highest BCUT2D eigenvalue weighted by molar-refractivity contribution is 6.42. The molecule has 132 valence electrons. The Morgan fingerprint density at radius 2 is 1.88 bits per heavy atom. The Labute approximate surface area is 161 Å². The number of hydrogen-bond acceptors (Lipinski definition) is 4. The Balaban J connectivity index is 1.61. The Morgan fingerprint density at radius 3 is 2.58 bits per heavy atom. The van der Waals surface area contributed by atoms with Crippen molar-refractivity contribution in [3.63, 3.8) is 0 Å². The Kier molecular flexibility index (Phi) is 5.71. The molecule has 0 aliphatic carbocycles. The van der Waals surface area contributed by atoms with Crippen molar-refractivity contribution in [2.45, 2.75) is 13.5 Å². The van der Waals surface area contributed by atoms with Gasteiger partial charge in [0.2, 0.25) is 0 Å². The number of nitrogens with one attached hydrogen (secondary N) is 2. The summed E-state index contributed by atoms with van der Waals surface area (Å²) in [5.41, 5.74) is 3.15. The minimum atomic E-state index is -0.278. The van der Waals surface area contributed by atoms with E-state index in [0.29, 0.717) is 22.4 Å². The summed E-state index contributed by atoms with van der Waals surface area (Å²) in [6.07, 6.45) is 2.91. The molecule has 0 saturated carbocycles. The van der Waals surface area contributed by atoms with Crippen molar-refractivity contribution < 1.29 is 4.79 Å². The molecule has 1 heterocycles. The van der Waals surface area contributed by atoms with Crippen LogP contribution in [0.4, 0.5) is 11.5 Å². The van der Waals surface area contributed by atoms with Crippen LogP contribution in [0.3, 0.4) is 0 Å². The first-order chi connectivity index (χ1) is 12.5. The highest BCUT2D eigenvalue weighted by Gasteiger charge is 2.08. The number of aryl methyl sites for hydroxylation is 1. The van der Waals surface area contributed by atoms with E-state index in [-0.39, 0.29) is 11.6 Å². The number of hydrogen-bond donors (Lipinski definition) is 2. The van der Waals surface area contributed by atoms with E-state index in [4.69, 9.17) is 23.2 Å². The number of benzene rings is 2. The maximum Gasteiger partial charge on any atom is 0.271 e. The van der Waals surface area contributed by atoms with Crippen LogP contribution in [-0.2, 0) is 6.54 Å². The average Bonchev–Trinajstić information content (AvgIpc) is 2.63. The van der Waals surface area contributed by atoms with Crippen LogP contribution in [0, 0.1) is 6.92 Å². The molecule has 3 aromatic rings. The highest BCUT2D eigenvalue weighted by Crippen LogP contribution is 2.26. The molecule has 0 saturated heterocycles. The summed E-state index contributed by atoms with van der Waals surface area (Å²) >= 11 is 11.9. The Hall–Kier alpha value is -2.63. The lowest BCUT2D eigenvalue weighted by Crippen LogP contribution is -2.24. The van der Waals surface area contributed by atoms with Crippen LogP contribution in [0.1, 0.15) is 21.6 Å². The van der Waals surface area contributed by atoms with Gasteiger partial charge in [0.1, 0.15) is 11.5 Å². The van der Waals surface area contributed by atoms with Gasteiger partial charge in [-0.15, -0.1) is 0 Å². The van der Waals surface area contributed by atoms with E-state index in [9.17, 15) is 4.79 Å². The van der Waals surface area contributed by atoms with Gasteiger partial charge in [0.05, 0.1) is 22.4 Å². The number of aromatic nitrogens is 2. The van der Waals surface area contributed by atoms with Crippen molar-refractivity contribution in [3.05, 3.63) is 81.7 Å². The zero-order chi connectivity index (χ0) is 18.5. The van der Waals surface area contributed by atoms with Gasteiger partial charge in [-0.05, 0) is 30.7 Å². The van der Waals surface area contributed by atoms with Crippen molar-refractivity contribution in [3.8, 4) is 0 Å². The molecule has 0 spiro atoms.